The molecule has 2 aromatic rings. The minimum atomic E-state index is -0.579. The Balaban J connectivity index is 1.62. The van der Waals surface area contributed by atoms with Crippen LogP contribution in [0.4, 0.5) is 10.5 Å². The Kier molecular flexibility index (Phi) is 6.02. The highest BCUT2D eigenvalue weighted by Crippen LogP contribution is 2.30. The summed E-state index contributed by atoms with van der Waals surface area (Å²) in [4.78, 5) is 27.4. The van der Waals surface area contributed by atoms with Gasteiger partial charge in [-0.15, -0.1) is 0 Å². The van der Waals surface area contributed by atoms with Crippen molar-refractivity contribution >= 4 is 17.6 Å². The van der Waals surface area contributed by atoms with E-state index in [-0.39, 0.29) is 11.9 Å². The van der Waals surface area contributed by atoms with Crippen molar-refractivity contribution in [3.63, 3.8) is 0 Å². The predicted octanol–water partition coefficient (Wildman–Crippen LogP) is 4.25. The van der Waals surface area contributed by atoms with Crippen molar-refractivity contribution < 1.29 is 9.59 Å². The summed E-state index contributed by atoms with van der Waals surface area (Å²) in [5, 5.41) is 6.05. The summed E-state index contributed by atoms with van der Waals surface area (Å²) in [5.41, 5.74) is 3.53. The first-order valence-electron chi connectivity index (χ1n) is 9.83. The molecule has 148 valence electrons. The minimum absolute atomic E-state index is 0.00384. The lowest BCUT2D eigenvalue weighted by Crippen LogP contribution is -2.52. The molecule has 5 heteroatoms. The molecule has 1 aliphatic heterocycles. The van der Waals surface area contributed by atoms with E-state index in [1.54, 1.807) is 4.90 Å². The second kappa shape index (κ2) is 8.46. The number of benzene rings is 2. The van der Waals surface area contributed by atoms with Gasteiger partial charge in [-0.2, -0.15) is 0 Å². The number of carbonyl (C=O) groups excluding carboxylic acids is 2. The van der Waals surface area contributed by atoms with Crippen molar-refractivity contribution in [2.24, 2.45) is 5.41 Å². The average Bonchev–Trinajstić information content (AvgIpc) is 2.69. The molecule has 1 fully saturated rings. The Morgan fingerprint density at radius 3 is 2.43 bits per heavy atom. The van der Waals surface area contributed by atoms with E-state index in [1.165, 1.54) is 0 Å². The number of hydrogen-bond acceptors (Lipinski definition) is 2. The van der Waals surface area contributed by atoms with Crippen LogP contribution in [0.1, 0.15) is 36.5 Å². The monoisotopic (exact) mass is 379 g/mol. The lowest BCUT2D eigenvalue weighted by Gasteiger charge is -2.39. The molecule has 0 unspecified atom stereocenters. The Morgan fingerprint density at radius 1 is 1.04 bits per heavy atom. The topological polar surface area (TPSA) is 61.4 Å². The Morgan fingerprint density at radius 2 is 1.71 bits per heavy atom. The number of amides is 3. The van der Waals surface area contributed by atoms with Gasteiger partial charge in [-0.1, -0.05) is 42.5 Å². The third-order valence-electron chi connectivity index (χ3n) is 5.62. The molecule has 0 aromatic heterocycles. The van der Waals surface area contributed by atoms with Gasteiger partial charge < -0.3 is 15.5 Å². The molecular formula is C23H29N3O2. The molecule has 3 amide bonds. The van der Waals surface area contributed by atoms with E-state index in [2.05, 4.69) is 10.6 Å². The van der Waals surface area contributed by atoms with E-state index in [1.807, 2.05) is 69.3 Å². The first kappa shape index (κ1) is 19.9. The zero-order valence-corrected chi connectivity index (χ0v) is 16.9. The van der Waals surface area contributed by atoms with Crippen molar-refractivity contribution in [1.82, 2.24) is 10.2 Å². The molecule has 1 aliphatic rings. The van der Waals surface area contributed by atoms with Gasteiger partial charge in [0.2, 0.25) is 5.91 Å². The Labute approximate surface area is 167 Å². The van der Waals surface area contributed by atoms with Gasteiger partial charge in [0.05, 0.1) is 5.41 Å². The molecule has 0 bridgehead atoms. The summed E-state index contributed by atoms with van der Waals surface area (Å²) in [7, 11) is 0. The number of nitrogens with zero attached hydrogens (tertiary/aromatic N) is 1. The largest absolute Gasteiger partial charge is 0.351 e. The van der Waals surface area contributed by atoms with Crippen LogP contribution in [0.3, 0.4) is 0 Å². The fourth-order valence-corrected chi connectivity index (χ4v) is 3.70. The van der Waals surface area contributed by atoms with Crippen LogP contribution in [0.15, 0.2) is 48.5 Å². The maximum absolute atomic E-state index is 12.9. The normalized spacial score (nSPS) is 19.2. The van der Waals surface area contributed by atoms with Gasteiger partial charge in [-0.3, -0.25) is 4.79 Å². The Bertz CT molecular complexity index is 864. The molecule has 0 aliphatic carbocycles. The number of urea groups is 1. The number of nitrogens with one attached hydrogen (secondary N) is 2. The van der Waals surface area contributed by atoms with Crippen LogP contribution in [0.5, 0.6) is 0 Å². The highest BCUT2D eigenvalue weighted by molar-refractivity contribution is 5.91. The standard InChI is InChI=1S/C23H29N3O2/c1-17-9-4-6-11-19(17)15-24-21(27)23(3)13-8-14-26(16-23)22(28)25-20-12-7-5-10-18(20)2/h4-7,9-12H,8,13-16H2,1-3H3,(H,24,27)(H,25,28)/t23-/m1/s1. The maximum Gasteiger partial charge on any atom is 0.321 e. The van der Waals surface area contributed by atoms with Crippen molar-refractivity contribution in [1.29, 1.82) is 0 Å². The number of rotatable bonds is 4. The van der Waals surface area contributed by atoms with Crippen LogP contribution < -0.4 is 10.6 Å². The zero-order valence-electron chi connectivity index (χ0n) is 16.9. The second-order valence-corrected chi connectivity index (χ2v) is 7.94. The molecule has 3 rings (SSSR count). The number of hydrogen-bond donors (Lipinski definition) is 2. The third kappa shape index (κ3) is 4.53. The molecule has 5 nitrogen and oxygen atoms in total. The van der Waals surface area contributed by atoms with Crippen molar-refractivity contribution in [3.8, 4) is 0 Å². The molecule has 1 atom stereocenters. The number of likely N-dealkylation sites (tertiary alicyclic amines) is 1. The van der Waals surface area contributed by atoms with Gasteiger partial charge in [0.15, 0.2) is 0 Å². The lowest BCUT2D eigenvalue weighted by atomic mass is 9.81. The summed E-state index contributed by atoms with van der Waals surface area (Å²) in [6, 6.07) is 15.6. The number of para-hydroxylation sites is 1. The van der Waals surface area contributed by atoms with Crippen molar-refractivity contribution in [3.05, 3.63) is 65.2 Å². The highest BCUT2D eigenvalue weighted by Gasteiger charge is 2.39. The van der Waals surface area contributed by atoms with E-state index in [0.717, 1.165) is 35.2 Å². The van der Waals surface area contributed by atoms with Gasteiger partial charge in [-0.05, 0) is 56.4 Å². The van der Waals surface area contributed by atoms with E-state index in [4.69, 9.17) is 0 Å². The molecule has 1 heterocycles. The minimum Gasteiger partial charge on any atom is -0.351 e. The number of anilines is 1. The van der Waals surface area contributed by atoms with Gasteiger partial charge in [0, 0.05) is 25.3 Å². The van der Waals surface area contributed by atoms with Crippen LogP contribution >= 0.6 is 0 Å². The van der Waals surface area contributed by atoms with Crippen LogP contribution in [0.2, 0.25) is 0 Å². The zero-order chi connectivity index (χ0) is 20.1. The van der Waals surface area contributed by atoms with Crippen LogP contribution in [0, 0.1) is 19.3 Å². The molecule has 1 saturated heterocycles. The van der Waals surface area contributed by atoms with Crippen molar-refractivity contribution in [2.75, 3.05) is 18.4 Å². The van der Waals surface area contributed by atoms with Crippen molar-refractivity contribution in [2.45, 2.75) is 40.2 Å². The third-order valence-corrected chi connectivity index (χ3v) is 5.62. The number of aryl methyl sites for hydroxylation is 2. The summed E-state index contributed by atoms with van der Waals surface area (Å²) in [6.07, 6.45) is 1.59. The number of carbonyl (C=O) groups is 2. The lowest BCUT2D eigenvalue weighted by molar-refractivity contribution is -0.132. The van der Waals surface area contributed by atoms with Crippen LogP contribution in [0.25, 0.3) is 0 Å². The summed E-state index contributed by atoms with van der Waals surface area (Å²) in [5.74, 6) is 0.00384. The van der Waals surface area contributed by atoms with E-state index in [0.29, 0.717) is 19.6 Å². The SMILES string of the molecule is Cc1ccccc1CNC(=O)[C@]1(C)CCCN(C(=O)Nc2ccccc2C)C1. The maximum atomic E-state index is 12.9. The van der Waals surface area contributed by atoms with E-state index >= 15 is 0 Å². The molecule has 2 aromatic carbocycles. The molecule has 28 heavy (non-hydrogen) atoms. The summed E-state index contributed by atoms with van der Waals surface area (Å²) >= 11 is 0. The van der Waals surface area contributed by atoms with Crippen LogP contribution in [-0.4, -0.2) is 29.9 Å². The van der Waals surface area contributed by atoms with Gasteiger partial charge in [0.25, 0.3) is 0 Å². The molecule has 0 radical (unpaired) electrons. The van der Waals surface area contributed by atoms with E-state index < -0.39 is 5.41 Å². The fraction of sp³-hybridized carbons (Fsp3) is 0.391. The first-order chi connectivity index (χ1) is 13.4. The molecular weight excluding hydrogens is 350 g/mol. The summed E-state index contributed by atoms with van der Waals surface area (Å²) < 4.78 is 0. The van der Waals surface area contributed by atoms with Crippen LogP contribution in [-0.2, 0) is 11.3 Å². The average molecular weight is 380 g/mol. The smallest absolute Gasteiger partial charge is 0.321 e. The summed E-state index contributed by atoms with van der Waals surface area (Å²) in [6.45, 7) is 7.56. The first-order valence-corrected chi connectivity index (χ1v) is 9.83. The Hall–Kier alpha value is -2.82. The number of piperidine rings is 1. The fourth-order valence-electron chi connectivity index (χ4n) is 3.70. The predicted molar refractivity (Wildman–Crippen MR) is 112 cm³/mol. The van der Waals surface area contributed by atoms with E-state index in [9.17, 15) is 9.59 Å². The van der Waals surface area contributed by atoms with Gasteiger partial charge in [0.1, 0.15) is 0 Å². The van der Waals surface area contributed by atoms with Gasteiger partial charge in [-0.25, -0.2) is 4.79 Å². The second-order valence-electron chi connectivity index (χ2n) is 7.94. The quantitative estimate of drug-likeness (QED) is 0.834. The molecule has 2 N–H and O–H groups in total. The molecule has 0 spiro atoms. The van der Waals surface area contributed by atoms with Gasteiger partial charge >= 0.3 is 6.03 Å². The molecule has 0 saturated carbocycles. The highest BCUT2D eigenvalue weighted by atomic mass is 16.2.